The van der Waals surface area contributed by atoms with Crippen molar-refractivity contribution in [2.24, 2.45) is 0 Å². The highest BCUT2D eigenvalue weighted by Gasteiger charge is 2.16. The van der Waals surface area contributed by atoms with Gasteiger partial charge in [-0.15, -0.1) is 0 Å². The van der Waals surface area contributed by atoms with Crippen LogP contribution < -0.4 is 0 Å². The lowest BCUT2D eigenvalue weighted by molar-refractivity contribution is 0.143. The smallest absolute Gasteiger partial charge is 0.161 e. The first-order valence-corrected chi connectivity index (χ1v) is 5.98. The minimum atomic E-state index is 0.316. The summed E-state index contributed by atoms with van der Waals surface area (Å²) in [4.78, 5) is 0. The van der Waals surface area contributed by atoms with E-state index in [4.69, 9.17) is 17.0 Å². The van der Waals surface area contributed by atoms with Crippen molar-refractivity contribution in [3.05, 3.63) is 0 Å². The van der Waals surface area contributed by atoms with Crippen LogP contribution in [0.3, 0.4) is 0 Å². The number of thiocarbonyl (C=S) groups is 1. The second kappa shape index (κ2) is 5.86. The summed E-state index contributed by atoms with van der Waals surface area (Å²) in [7, 11) is 0. The third kappa shape index (κ3) is 4.87. The minimum absolute atomic E-state index is 0.316. The van der Waals surface area contributed by atoms with Crippen molar-refractivity contribution in [2.75, 3.05) is 0 Å². The summed E-state index contributed by atoms with van der Waals surface area (Å²) >= 11 is 9.43. The molecule has 76 valence electrons. The number of rotatable bonds is 3. The van der Waals surface area contributed by atoms with Gasteiger partial charge in [0.1, 0.15) is 0 Å². The lowest BCUT2D eigenvalue weighted by atomic mass is 9.98. The van der Waals surface area contributed by atoms with Crippen molar-refractivity contribution < 1.29 is 4.74 Å². The van der Waals surface area contributed by atoms with Crippen LogP contribution in [0.1, 0.15) is 45.4 Å². The van der Waals surface area contributed by atoms with Gasteiger partial charge in [-0.2, -0.15) is 12.6 Å². The summed E-state index contributed by atoms with van der Waals surface area (Å²) in [6, 6.07) is 0. The Bertz CT molecular complexity index is 162. The Balaban J connectivity index is 2.18. The fourth-order valence-electron chi connectivity index (χ4n) is 1.66. The topological polar surface area (TPSA) is 9.23 Å². The van der Waals surface area contributed by atoms with Crippen LogP contribution >= 0.6 is 24.8 Å². The van der Waals surface area contributed by atoms with Gasteiger partial charge in [0.2, 0.25) is 0 Å². The van der Waals surface area contributed by atoms with Crippen LogP contribution in [0.25, 0.3) is 0 Å². The molecule has 1 aliphatic rings. The zero-order valence-electron chi connectivity index (χ0n) is 8.16. The fourth-order valence-corrected chi connectivity index (χ4v) is 2.33. The molecular formula is C10H18OS2. The summed E-state index contributed by atoms with van der Waals surface area (Å²) in [6.45, 7) is 2.04. The van der Waals surface area contributed by atoms with Crippen LogP contribution in [-0.4, -0.2) is 16.4 Å². The fraction of sp³-hybridized carbons (Fsp3) is 0.900. The molecule has 13 heavy (non-hydrogen) atoms. The predicted octanol–water partition coefficient (Wildman–Crippen LogP) is 3.37. The maximum Gasteiger partial charge on any atom is 0.161 e. The maximum atomic E-state index is 5.68. The first-order chi connectivity index (χ1) is 6.18. The molecule has 1 rings (SSSR count). The van der Waals surface area contributed by atoms with Gasteiger partial charge in [-0.1, -0.05) is 13.3 Å². The lowest BCUT2D eigenvalue weighted by Crippen LogP contribution is -2.21. The van der Waals surface area contributed by atoms with Crippen LogP contribution in [0, 0.1) is 0 Å². The summed E-state index contributed by atoms with van der Waals surface area (Å²) in [5.41, 5.74) is 0. The van der Waals surface area contributed by atoms with Gasteiger partial charge < -0.3 is 4.74 Å². The molecule has 0 aliphatic heterocycles. The van der Waals surface area contributed by atoms with Crippen LogP contribution in [0.15, 0.2) is 0 Å². The summed E-state index contributed by atoms with van der Waals surface area (Å²) in [6.07, 6.45) is 7.51. The molecule has 1 atom stereocenters. The van der Waals surface area contributed by atoms with E-state index < -0.39 is 0 Å². The van der Waals surface area contributed by atoms with Crippen molar-refractivity contribution in [1.82, 2.24) is 0 Å². The quantitative estimate of drug-likeness (QED) is 0.574. The molecule has 0 spiro atoms. The zero-order chi connectivity index (χ0) is 9.68. The second-order valence-corrected chi connectivity index (χ2v) is 5.14. The molecule has 0 aromatic rings. The van der Waals surface area contributed by atoms with E-state index >= 15 is 0 Å². The van der Waals surface area contributed by atoms with Crippen molar-refractivity contribution in [1.29, 1.82) is 0 Å². The molecule has 0 aromatic heterocycles. The van der Waals surface area contributed by atoms with E-state index in [1.165, 1.54) is 32.1 Å². The highest BCUT2D eigenvalue weighted by atomic mass is 32.1. The van der Waals surface area contributed by atoms with E-state index in [1.54, 1.807) is 0 Å². The number of thiol groups is 1. The molecule has 0 heterocycles. The molecule has 1 saturated carbocycles. The van der Waals surface area contributed by atoms with Gasteiger partial charge in [-0.25, -0.2) is 0 Å². The lowest BCUT2D eigenvalue weighted by Gasteiger charge is -2.23. The highest BCUT2D eigenvalue weighted by Crippen LogP contribution is 2.21. The average molecular weight is 218 g/mol. The molecule has 0 N–H and O–H groups in total. The van der Waals surface area contributed by atoms with E-state index in [0.717, 1.165) is 11.5 Å². The molecule has 1 fully saturated rings. The van der Waals surface area contributed by atoms with Gasteiger partial charge in [0.25, 0.3) is 0 Å². The first kappa shape index (κ1) is 11.3. The Hall–Kier alpha value is 0.240. The van der Waals surface area contributed by atoms with Gasteiger partial charge in [-0.3, -0.25) is 0 Å². The molecule has 0 saturated heterocycles. The normalized spacial score (nSPS) is 21.1. The van der Waals surface area contributed by atoms with Crippen LogP contribution in [0.5, 0.6) is 0 Å². The molecule has 0 amide bonds. The third-order valence-corrected chi connectivity index (χ3v) is 2.76. The standard InChI is InChI=1S/C10H18OS2/c1-8(12)7-10(13)11-9-5-3-2-4-6-9/h8-9,12H,2-7H2,1H3. The molecule has 1 unspecified atom stereocenters. The Morgan fingerprint density at radius 1 is 1.46 bits per heavy atom. The molecule has 0 bridgehead atoms. The summed E-state index contributed by atoms with van der Waals surface area (Å²) in [5, 5.41) is 1.06. The minimum Gasteiger partial charge on any atom is -0.484 e. The largest absolute Gasteiger partial charge is 0.484 e. The van der Waals surface area contributed by atoms with E-state index in [-0.39, 0.29) is 0 Å². The Morgan fingerprint density at radius 2 is 2.08 bits per heavy atom. The Labute approximate surface area is 91.6 Å². The zero-order valence-corrected chi connectivity index (χ0v) is 9.87. The molecule has 0 aromatic carbocycles. The van der Waals surface area contributed by atoms with Gasteiger partial charge >= 0.3 is 0 Å². The van der Waals surface area contributed by atoms with E-state index in [2.05, 4.69) is 12.6 Å². The Kier molecular flexibility index (Phi) is 5.10. The predicted molar refractivity (Wildman–Crippen MR) is 63.6 cm³/mol. The van der Waals surface area contributed by atoms with E-state index in [1.807, 2.05) is 6.92 Å². The first-order valence-electron chi connectivity index (χ1n) is 5.06. The van der Waals surface area contributed by atoms with E-state index in [0.29, 0.717) is 11.4 Å². The molecule has 3 heteroatoms. The highest BCUT2D eigenvalue weighted by molar-refractivity contribution is 7.81. The summed E-state index contributed by atoms with van der Waals surface area (Å²) < 4.78 is 5.68. The van der Waals surface area contributed by atoms with E-state index in [9.17, 15) is 0 Å². The van der Waals surface area contributed by atoms with Gasteiger partial charge in [0, 0.05) is 11.7 Å². The van der Waals surface area contributed by atoms with Crippen LogP contribution in [0.4, 0.5) is 0 Å². The third-order valence-electron chi connectivity index (χ3n) is 2.31. The summed E-state index contributed by atoms with van der Waals surface area (Å²) in [5.74, 6) is 0. The molecule has 1 nitrogen and oxygen atoms in total. The Morgan fingerprint density at radius 3 is 2.62 bits per heavy atom. The SMILES string of the molecule is CC(S)CC(=S)OC1CCCCC1. The van der Waals surface area contributed by atoms with Crippen molar-refractivity contribution in [3.8, 4) is 0 Å². The number of ether oxygens (including phenoxy) is 1. The molecule has 1 aliphatic carbocycles. The van der Waals surface area contributed by atoms with Gasteiger partial charge in [0.15, 0.2) is 5.05 Å². The van der Waals surface area contributed by atoms with Crippen LogP contribution in [-0.2, 0) is 4.74 Å². The van der Waals surface area contributed by atoms with Crippen LogP contribution in [0.2, 0.25) is 0 Å². The van der Waals surface area contributed by atoms with Crippen molar-refractivity contribution >= 4 is 29.9 Å². The molecule has 0 radical (unpaired) electrons. The number of hydrogen-bond donors (Lipinski definition) is 1. The monoisotopic (exact) mass is 218 g/mol. The van der Waals surface area contributed by atoms with Gasteiger partial charge in [0.05, 0.1) is 6.10 Å². The number of hydrogen-bond acceptors (Lipinski definition) is 3. The maximum absolute atomic E-state index is 5.68. The average Bonchev–Trinajstić information content (AvgIpc) is 2.04. The molecular weight excluding hydrogens is 200 g/mol. The second-order valence-electron chi connectivity index (χ2n) is 3.80. The van der Waals surface area contributed by atoms with Crippen molar-refractivity contribution in [2.45, 2.75) is 56.8 Å². The van der Waals surface area contributed by atoms with Crippen molar-refractivity contribution in [3.63, 3.8) is 0 Å². The van der Waals surface area contributed by atoms with Gasteiger partial charge in [-0.05, 0) is 37.9 Å².